The lowest BCUT2D eigenvalue weighted by Gasteiger charge is -2.19. The van der Waals surface area contributed by atoms with E-state index in [9.17, 15) is 18.5 Å². The predicted molar refractivity (Wildman–Crippen MR) is 74.2 cm³/mol. The topological polar surface area (TPSA) is 113 Å². The summed E-state index contributed by atoms with van der Waals surface area (Å²) >= 11 is 0. The van der Waals surface area contributed by atoms with Gasteiger partial charge in [-0.2, -0.15) is 4.31 Å². The van der Waals surface area contributed by atoms with E-state index in [0.717, 1.165) is 4.31 Å². The minimum Gasteiger partial charge on any atom is -0.395 e. The molecule has 0 amide bonds. The average Bonchev–Trinajstić information content (AvgIpc) is 2.43. The fourth-order valence-corrected chi connectivity index (χ4v) is 3.31. The van der Waals surface area contributed by atoms with E-state index in [4.69, 9.17) is 5.11 Å². The zero-order chi connectivity index (χ0) is 15.3. The lowest BCUT2D eigenvalue weighted by atomic mass is 10.3. The molecule has 1 aromatic carbocycles. The van der Waals surface area contributed by atoms with Gasteiger partial charge in [0, 0.05) is 31.9 Å². The Morgan fingerprint density at radius 2 is 2.10 bits per heavy atom. The highest BCUT2D eigenvalue weighted by Gasteiger charge is 2.30. The van der Waals surface area contributed by atoms with Crippen LogP contribution in [0.15, 0.2) is 23.1 Å². The van der Waals surface area contributed by atoms with Crippen LogP contribution in [0.25, 0.3) is 0 Å². The van der Waals surface area contributed by atoms with Gasteiger partial charge in [-0.25, -0.2) is 8.42 Å². The van der Waals surface area contributed by atoms with Crippen LogP contribution >= 0.6 is 0 Å². The van der Waals surface area contributed by atoms with Crippen LogP contribution in [0.1, 0.15) is 6.92 Å². The van der Waals surface area contributed by atoms with Gasteiger partial charge in [-0.15, -0.1) is 0 Å². The number of benzene rings is 1. The summed E-state index contributed by atoms with van der Waals surface area (Å²) in [6.45, 7) is 1.26. The molecule has 0 saturated heterocycles. The van der Waals surface area contributed by atoms with Crippen LogP contribution in [0.3, 0.4) is 0 Å². The molecule has 20 heavy (non-hydrogen) atoms. The number of nitro benzene ring substituents is 1. The summed E-state index contributed by atoms with van der Waals surface area (Å²) < 4.78 is 25.7. The van der Waals surface area contributed by atoms with E-state index < -0.39 is 20.6 Å². The fourth-order valence-electron chi connectivity index (χ4n) is 1.73. The maximum Gasteiger partial charge on any atom is 0.291 e. The third-order valence-corrected chi connectivity index (χ3v) is 4.79. The van der Waals surface area contributed by atoms with Crippen molar-refractivity contribution in [2.24, 2.45) is 0 Å². The number of nitrogens with one attached hydrogen (secondary N) is 1. The Balaban J connectivity index is 3.40. The first-order chi connectivity index (χ1) is 9.38. The van der Waals surface area contributed by atoms with Gasteiger partial charge < -0.3 is 10.4 Å². The van der Waals surface area contributed by atoms with Crippen molar-refractivity contribution in [3.8, 4) is 0 Å². The van der Waals surface area contributed by atoms with Crippen molar-refractivity contribution in [3.63, 3.8) is 0 Å². The third-order valence-electron chi connectivity index (χ3n) is 2.76. The van der Waals surface area contributed by atoms with Crippen LogP contribution in [0.2, 0.25) is 0 Å². The van der Waals surface area contributed by atoms with E-state index in [1.54, 1.807) is 14.0 Å². The maximum atomic E-state index is 12.4. The Kier molecular flexibility index (Phi) is 5.43. The highest BCUT2D eigenvalue weighted by atomic mass is 32.2. The molecule has 0 aliphatic rings. The van der Waals surface area contributed by atoms with Crippen LogP contribution in [-0.4, -0.2) is 49.5 Å². The second-order valence-electron chi connectivity index (χ2n) is 3.91. The predicted octanol–water partition coefficient (Wildman–Crippen LogP) is 0.639. The summed E-state index contributed by atoms with van der Waals surface area (Å²) in [5.74, 6) is 0. The van der Waals surface area contributed by atoms with Gasteiger partial charge in [0.2, 0.25) is 10.0 Å². The zero-order valence-electron chi connectivity index (χ0n) is 11.2. The van der Waals surface area contributed by atoms with Gasteiger partial charge in [0.05, 0.1) is 11.5 Å². The summed E-state index contributed by atoms with van der Waals surface area (Å²) in [6.07, 6.45) is 0. The second kappa shape index (κ2) is 6.64. The van der Waals surface area contributed by atoms with Crippen molar-refractivity contribution in [2.75, 3.05) is 32.1 Å². The van der Waals surface area contributed by atoms with Crippen molar-refractivity contribution in [3.05, 3.63) is 28.3 Å². The smallest absolute Gasteiger partial charge is 0.291 e. The molecule has 0 bridgehead atoms. The number of rotatable bonds is 7. The Hall–Kier alpha value is -1.71. The number of hydrogen-bond donors (Lipinski definition) is 2. The molecule has 0 atom stereocenters. The first kappa shape index (κ1) is 16.3. The van der Waals surface area contributed by atoms with Gasteiger partial charge in [-0.1, -0.05) is 6.92 Å². The van der Waals surface area contributed by atoms with Crippen molar-refractivity contribution in [2.45, 2.75) is 11.8 Å². The summed E-state index contributed by atoms with van der Waals surface area (Å²) in [7, 11) is -2.43. The molecule has 0 heterocycles. The van der Waals surface area contributed by atoms with Gasteiger partial charge in [0.1, 0.15) is 0 Å². The van der Waals surface area contributed by atoms with Crippen LogP contribution in [-0.2, 0) is 10.0 Å². The molecule has 0 fully saturated rings. The van der Waals surface area contributed by atoms with Crippen molar-refractivity contribution < 1.29 is 18.4 Å². The molecule has 0 aliphatic carbocycles. The zero-order valence-corrected chi connectivity index (χ0v) is 12.1. The largest absolute Gasteiger partial charge is 0.395 e. The van der Waals surface area contributed by atoms with Crippen molar-refractivity contribution >= 4 is 21.4 Å². The standard InChI is InChI=1S/C11H17N3O5S/c1-3-13(6-7-15)20(18,19)11-5-4-9(12-2)8-10(11)14(16)17/h4-5,8,12,15H,3,6-7H2,1-2H3. The highest BCUT2D eigenvalue weighted by Crippen LogP contribution is 2.29. The number of anilines is 1. The summed E-state index contributed by atoms with van der Waals surface area (Å²) in [5.41, 5.74) is -0.0471. The number of nitrogens with zero attached hydrogens (tertiary/aromatic N) is 2. The SMILES string of the molecule is CCN(CCO)S(=O)(=O)c1ccc(NC)cc1[N+](=O)[O-]. The number of aliphatic hydroxyl groups is 1. The van der Waals surface area contributed by atoms with Crippen LogP contribution in [0.4, 0.5) is 11.4 Å². The molecule has 0 spiro atoms. The molecule has 112 valence electrons. The third kappa shape index (κ3) is 3.24. The number of sulfonamides is 1. The molecule has 1 aromatic rings. The molecule has 0 saturated carbocycles. The lowest BCUT2D eigenvalue weighted by Crippen LogP contribution is -2.33. The van der Waals surface area contributed by atoms with Crippen LogP contribution in [0.5, 0.6) is 0 Å². The van der Waals surface area contributed by atoms with Gasteiger partial charge in [0.25, 0.3) is 5.69 Å². The molecule has 0 aromatic heterocycles. The van der Waals surface area contributed by atoms with Crippen LogP contribution in [0, 0.1) is 10.1 Å². The van der Waals surface area contributed by atoms with Gasteiger partial charge in [0.15, 0.2) is 4.90 Å². The minimum atomic E-state index is -4.01. The van der Waals surface area contributed by atoms with Crippen LogP contribution < -0.4 is 5.32 Å². The summed E-state index contributed by atoms with van der Waals surface area (Å²) in [6, 6.07) is 3.81. The maximum absolute atomic E-state index is 12.4. The van der Waals surface area contributed by atoms with Gasteiger partial charge in [-0.05, 0) is 12.1 Å². The Morgan fingerprint density at radius 1 is 1.45 bits per heavy atom. The van der Waals surface area contributed by atoms with Gasteiger partial charge in [-0.3, -0.25) is 10.1 Å². The second-order valence-corrected chi connectivity index (χ2v) is 5.82. The number of hydrogen-bond acceptors (Lipinski definition) is 6. The van der Waals surface area contributed by atoms with E-state index >= 15 is 0 Å². The molecular formula is C11H17N3O5S. The quantitative estimate of drug-likeness (QED) is 0.564. The molecule has 8 nitrogen and oxygen atoms in total. The number of nitro groups is 1. The monoisotopic (exact) mass is 303 g/mol. The molecule has 1 rings (SSSR count). The van der Waals surface area contributed by atoms with E-state index in [1.165, 1.54) is 18.2 Å². The fraction of sp³-hybridized carbons (Fsp3) is 0.455. The molecule has 0 unspecified atom stereocenters. The minimum absolute atomic E-state index is 0.107. The lowest BCUT2D eigenvalue weighted by molar-refractivity contribution is -0.387. The van der Waals surface area contributed by atoms with Crippen molar-refractivity contribution in [1.29, 1.82) is 0 Å². The molecular weight excluding hydrogens is 286 g/mol. The van der Waals surface area contributed by atoms with Crippen molar-refractivity contribution in [1.82, 2.24) is 4.31 Å². The van der Waals surface area contributed by atoms with E-state index in [-0.39, 0.29) is 24.6 Å². The highest BCUT2D eigenvalue weighted by molar-refractivity contribution is 7.89. The molecule has 0 aliphatic heterocycles. The number of likely N-dealkylation sites (N-methyl/N-ethyl adjacent to an activating group) is 1. The van der Waals surface area contributed by atoms with E-state index in [1.807, 2.05) is 0 Å². The summed E-state index contributed by atoms with van der Waals surface area (Å²) in [4.78, 5) is 9.94. The first-order valence-corrected chi connectivity index (χ1v) is 7.39. The Morgan fingerprint density at radius 3 is 2.55 bits per heavy atom. The number of aliphatic hydroxyl groups excluding tert-OH is 1. The van der Waals surface area contributed by atoms with Gasteiger partial charge >= 0.3 is 0 Å². The van der Waals surface area contributed by atoms with E-state index in [0.29, 0.717) is 5.69 Å². The molecule has 0 radical (unpaired) electrons. The summed E-state index contributed by atoms with van der Waals surface area (Å²) in [5, 5.41) is 22.7. The molecule has 9 heteroatoms. The average molecular weight is 303 g/mol. The normalized spacial score (nSPS) is 11.6. The first-order valence-electron chi connectivity index (χ1n) is 5.95. The molecule has 2 N–H and O–H groups in total. The van der Waals surface area contributed by atoms with E-state index in [2.05, 4.69) is 5.32 Å². The Bertz CT molecular complexity index is 588. The Labute approximate surface area is 117 Å².